The molecule has 0 radical (unpaired) electrons. The van der Waals surface area contributed by atoms with Gasteiger partial charge in [-0.05, 0) is 0 Å². The zero-order valence-electron chi connectivity index (χ0n) is 7.69. The lowest BCUT2D eigenvalue weighted by Gasteiger charge is -2.29. The smallest absolute Gasteiger partial charge is 0.330 e. The van der Waals surface area contributed by atoms with Crippen LogP contribution in [0.1, 0.15) is 12.8 Å². The van der Waals surface area contributed by atoms with Gasteiger partial charge in [-0.15, -0.1) is 0 Å². The minimum absolute atomic E-state index is 0.0104. The van der Waals surface area contributed by atoms with Crippen molar-refractivity contribution in [3.05, 3.63) is 12.7 Å². The molecule has 1 N–H and O–H groups in total. The van der Waals surface area contributed by atoms with Gasteiger partial charge >= 0.3 is 5.97 Å². The molecule has 0 aliphatic carbocycles. The van der Waals surface area contributed by atoms with Crippen LogP contribution in [0, 0.1) is 0 Å². The van der Waals surface area contributed by atoms with Gasteiger partial charge in [0.15, 0.2) is 0 Å². The maximum absolute atomic E-state index is 10.8. The number of aliphatic hydroxyl groups excluding tert-OH is 1. The normalized spacial score (nSPS) is 32.3. The minimum atomic E-state index is -0.460. The summed E-state index contributed by atoms with van der Waals surface area (Å²) in [5.41, 5.74) is 0. The maximum Gasteiger partial charge on any atom is 0.330 e. The Morgan fingerprint density at radius 2 is 2.43 bits per heavy atom. The topological polar surface area (TPSA) is 55.8 Å². The summed E-state index contributed by atoms with van der Waals surface area (Å²) < 4.78 is 10.3. The van der Waals surface area contributed by atoms with Crippen LogP contribution >= 0.6 is 22.6 Å². The molecule has 0 spiro atoms. The first-order chi connectivity index (χ1) is 6.61. The van der Waals surface area contributed by atoms with E-state index >= 15 is 0 Å². The molecule has 0 bridgehead atoms. The molecule has 14 heavy (non-hydrogen) atoms. The van der Waals surface area contributed by atoms with Crippen LogP contribution in [0.15, 0.2) is 12.7 Å². The van der Waals surface area contributed by atoms with E-state index in [2.05, 4.69) is 29.2 Å². The molecular formula is C9H13IO4. The van der Waals surface area contributed by atoms with Crippen molar-refractivity contribution < 1.29 is 19.4 Å². The number of rotatable bonds is 3. The number of aliphatic hydroxyl groups is 1. The minimum Gasteiger partial charge on any atom is -0.460 e. The van der Waals surface area contributed by atoms with Crippen molar-refractivity contribution in [2.75, 3.05) is 6.61 Å². The van der Waals surface area contributed by atoms with E-state index < -0.39 is 5.97 Å². The second-order valence-electron chi connectivity index (χ2n) is 3.13. The van der Waals surface area contributed by atoms with Gasteiger partial charge in [-0.3, -0.25) is 0 Å². The molecule has 1 heterocycles. The Morgan fingerprint density at radius 3 is 3.00 bits per heavy atom. The summed E-state index contributed by atoms with van der Waals surface area (Å²) >= 11 is 2.11. The van der Waals surface area contributed by atoms with E-state index in [1.54, 1.807) is 0 Å². The molecule has 1 rings (SSSR count). The van der Waals surface area contributed by atoms with Crippen LogP contribution < -0.4 is 0 Å². The number of halogens is 1. The first kappa shape index (κ1) is 11.9. The maximum atomic E-state index is 10.8. The Bertz CT molecular complexity index is 209. The molecule has 5 heteroatoms. The van der Waals surface area contributed by atoms with Crippen molar-refractivity contribution in [1.29, 1.82) is 0 Å². The molecule has 1 saturated heterocycles. The van der Waals surface area contributed by atoms with Crippen molar-refractivity contribution >= 4 is 28.6 Å². The standard InChI is InChI=1S/C9H13IO4/c1-2-9(12)13-5-7-3-6(11)4-8(10)14-7/h2,6-8,11H,1,3-5H2/t6-,7-,8?/m0/s1. The van der Waals surface area contributed by atoms with Crippen molar-refractivity contribution in [3.8, 4) is 0 Å². The van der Waals surface area contributed by atoms with Gasteiger partial charge in [-0.1, -0.05) is 29.2 Å². The first-order valence-electron chi connectivity index (χ1n) is 4.38. The lowest BCUT2D eigenvalue weighted by Crippen LogP contribution is -2.35. The molecule has 1 fully saturated rings. The van der Waals surface area contributed by atoms with Crippen LogP contribution in [0.3, 0.4) is 0 Å². The number of alkyl halides is 1. The van der Waals surface area contributed by atoms with Gasteiger partial charge in [0.05, 0.1) is 12.2 Å². The van der Waals surface area contributed by atoms with E-state index in [4.69, 9.17) is 9.47 Å². The van der Waals surface area contributed by atoms with Crippen LogP contribution in [0.25, 0.3) is 0 Å². The monoisotopic (exact) mass is 312 g/mol. The van der Waals surface area contributed by atoms with Crippen molar-refractivity contribution in [2.24, 2.45) is 0 Å². The van der Waals surface area contributed by atoms with Gasteiger partial charge in [-0.2, -0.15) is 0 Å². The Labute approximate surface area is 96.4 Å². The Kier molecular flexibility index (Phi) is 4.83. The first-order valence-corrected chi connectivity index (χ1v) is 5.63. The van der Waals surface area contributed by atoms with E-state index in [-0.39, 0.29) is 22.9 Å². The van der Waals surface area contributed by atoms with Gasteiger partial charge in [-0.25, -0.2) is 4.79 Å². The fourth-order valence-electron chi connectivity index (χ4n) is 1.27. The fourth-order valence-corrected chi connectivity index (χ4v) is 2.28. The summed E-state index contributed by atoms with van der Waals surface area (Å²) in [4.78, 5) is 10.8. The second kappa shape index (κ2) is 5.67. The molecule has 0 saturated carbocycles. The predicted molar refractivity (Wildman–Crippen MR) is 59.1 cm³/mol. The molecule has 0 amide bonds. The van der Waals surface area contributed by atoms with Gasteiger partial charge in [0.25, 0.3) is 0 Å². The average molecular weight is 312 g/mol. The van der Waals surface area contributed by atoms with Gasteiger partial charge in [0.1, 0.15) is 10.7 Å². The summed E-state index contributed by atoms with van der Waals surface area (Å²) in [5, 5.41) is 9.43. The van der Waals surface area contributed by atoms with Gasteiger partial charge in [0, 0.05) is 18.9 Å². The SMILES string of the molecule is C=CC(=O)OC[C@@H]1C[C@H](O)CC(I)O1. The van der Waals surface area contributed by atoms with Crippen LogP contribution in [0.5, 0.6) is 0 Å². The molecule has 1 aliphatic rings. The largest absolute Gasteiger partial charge is 0.460 e. The molecule has 4 nitrogen and oxygen atoms in total. The third-order valence-electron chi connectivity index (χ3n) is 1.91. The number of carbonyl (C=O) groups is 1. The second-order valence-corrected chi connectivity index (χ2v) is 4.52. The molecule has 1 unspecified atom stereocenters. The Balaban J connectivity index is 2.30. The predicted octanol–water partition coefficient (Wildman–Crippen LogP) is 1.02. The van der Waals surface area contributed by atoms with Crippen LogP contribution in [-0.2, 0) is 14.3 Å². The molecular weight excluding hydrogens is 299 g/mol. The summed E-state index contributed by atoms with van der Waals surface area (Å²) in [5.74, 6) is -0.460. The lowest BCUT2D eigenvalue weighted by atomic mass is 10.1. The summed E-state index contributed by atoms with van der Waals surface area (Å²) in [6, 6.07) is 0. The molecule has 1 aliphatic heterocycles. The van der Waals surface area contributed by atoms with E-state index in [1.807, 2.05) is 0 Å². The highest BCUT2D eigenvalue weighted by molar-refractivity contribution is 14.1. The zero-order valence-corrected chi connectivity index (χ0v) is 9.85. The summed E-state index contributed by atoms with van der Waals surface area (Å²) in [6.07, 6.45) is 1.69. The quantitative estimate of drug-likeness (QED) is 0.366. The lowest BCUT2D eigenvalue weighted by molar-refractivity contribution is -0.146. The third kappa shape index (κ3) is 3.93. The number of hydrogen-bond donors (Lipinski definition) is 1. The third-order valence-corrected chi connectivity index (χ3v) is 2.71. The van der Waals surface area contributed by atoms with E-state index in [0.717, 1.165) is 6.08 Å². The Morgan fingerprint density at radius 1 is 1.71 bits per heavy atom. The molecule has 0 aromatic heterocycles. The highest BCUT2D eigenvalue weighted by Gasteiger charge is 2.27. The van der Waals surface area contributed by atoms with E-state index in [0.29, 0.717) is 12.8 Å². The number of ether oxygens (including phenoxy) is 2. The summed E-state index contributed by atoms with van der Waals surface area (Å²) in [7, 11) is 0. The van der Waals surface area contributed by atoms with Gasteiger partial charge in [0.2, 0.25) is 0 Å². The van der Waals surface area contributed by atoms with Crippen LogP contribution in [0.2, 0.25) is 0 Å². The number of hydrogen-bond acceptors (Lipinski definition) is 4. The van der Waals surface area contributed by atoms with Crippen molar-refractivity contribution in [1.82, 2.24) is 0 Å². The number of esters is 1. The Hall–Kier alpha value is -0.140. The van der Waals surface area contributed by atoms with Crippen molar-refractivity contribution in [3.63, 3.8) is 0 Å². The van der Waals surface area contributed by atoms with Crippen LogP contribution in [-0.4, -0.2) is 34.0 Å². The molecule has 0 aromatic carbocycles. The average Bonchev–Trinajstić information content (AvgIpc) is 2.12. The highest BCUT2D eigenvalue weighted by atomic mass is 127. The molecule has 80 valence electrons. The highest BCUT2D eigenvalue weighted by Crippen LogP contribution is 2.23. The van der Waals surface area contributed by atoms with Gasteiger partial charge < -0.3 is 14.6 Å². The fraction of sp³-hybridized carbons (Fsp3) is 0.667. The number of carbonyl (C=O) groups excluding carboxylic acids is 1. The van der Waals surface area contributed by atoms with E-state index in [1.165, 1.54) is 0 Å². The van der Waals surface area contributed by atoms with E-state index in [9.17, 15) is 9.90 Å². The molecule has 3 atom stereocenters. The summed E-state index contributed by atoms with van der Waals surface area (Å²) in [6.45, 7) is 3.47. The van der Waals surface area contributed by atoms with Crippen LogP contribution in [0.4, 0.5) is 0 Å². The van der Waals surface area contributed by atoms with Crippen molar-refractivity contribution in [2.45, 2.75) is 29.2 Å². The molecule has 0 aromatic rings. The zero-order chi connectivity index (χ0) is 10.6.